The molecule has 1 aromatic carbocycles. The van der Waals surface area contributed by atoms with E-state index in [1.807, 2.05) is 31.2 Å². The first-order valence-corrected chi connectivity index (χ1v) is 5.98. The quantitative estimate of drug-likeness (QED) is 0.789. The van der Waals surface area contributed by atoms with Gasteiger partial charge in [0.25, 0.3) is 0 Å². The van der Waals surface area contributed by atoms with Gasteiger partial charge >= 0.3 is 5.97 Å². The summed E-state index contributed by atoms with van der Waals surface area (Å²) in [7, 11) is 2.77. The third kappa shape index (κ3) is 5.09. The molecule has 1 amide bonds. The van der Waals surface area contributed by atoms with Crippen LogP contribution in [0, 0.1) is 6.92 Å². The molecule has 0 spiro atoms. The third-order valence-corrected chi connectivity index (χ3v) is 2.69. The van der Waals surface area contributed by atoms with Crippen LogP contribution in [0.5, 0.6) is 0 Å². The van der Waals surface area contributed by atoms with Crippen molar-refractivity contribution in [3.63, 3.8) is 0 Å². The SMILES string of the molecule is COCC(=O)N[C@@H](CC(=O)OC)c1ccc(C)cc1. The number of nitrogens with one attached hydrogen (secondary N) is 1. The van der Waals surface area contributed by atoms with E-state index in [9.17, 15) is 9.59 Å². The van der Waals surface area contributed by atoms with Gasteiger partial charge in [-0.25, -0.2) is 0 Å². The highest BCUT2D eigenvalue weighted by molar-refractivity contribution is 5.79. The summed E-state index contributed by atoms with van der Waals surface area (Å²) in [5.41, 5.74) is 1.98. The van der Waals surface area contributed by atoms with E-state index < -0.39 is 6.04 Å². The molecule has 0 aliphatic carbocycles. The van der Waals surface area contributed by atoms with E-state index in [2.05, 4.69) is 10.1 Å². The van der Waals surface area contributed by atoms with Crippen molar-refractivity contribution in [2.75, 3.05) is 20.8 Å². The lowest BCUT2D eigenvalue weighted by Gasteiger charge is -2.18. The van der Waals surface area contributed by atoms with Crippen molar-refractivity contribution in [2.24, 2.45) is 0 Å². The molecular weight excluding hydrogens is 246 g/mol. The summed E-state index contributed by atoms with van der Waals surface area (Å²) in [5, 5.41) is 2.75. The van der Waals surface area contributed by atoms with Gasteiger partial charge in [0.2, 0.25) is 5.91 Å². The number of benzene rings is 1. The van der Waals surface area contributed by atoms with Crippen LogP contribution in [0.1, 0.15) is 23.6 Å². The Morgan fingerprint density at radius 2 is 1.84 bits per heavy atom. The molecule has 0 saturated carbocycles. The van der Waals surface area contributed by atoms with E-state index in [0.717, 1.165) is 11.1 Å². The summed E-state index contributed by atoms with van der Waals surface area (Å²) in [5.74, 6) is -0.639. The Morgan fingerprint density at radius 1 is 1.21 bits per heavy atom. The minimum absolute atomic E-state index is 0.0382. The van der Waals surface area contributed by atoms with Crippen LogP contribution in [0.4, 0.5) is 0 Å². The monoisotopic (exact) mass is 265 g/mol. The molecule has 0 saturated heterocycles. The number of methoxy groups -OCH3 is 2. The number of rotatable bonds is 6. The van der Waals surface area contributed by atoms with E-state index in [4.69, 9.17) is 4.74 Å². The molecule has 1 rings (SSSR count). The maximum Gasteiger partial charge on any atom is 0.307 e. The van der Waals surface area contributed by atoms with Crippen LogP contribution >= 0.6 is 0 Å². The van der Waals surface area contributed by atoms with E-state index in [1.165, 1.54) is 14.2 Å². The zero-order valence-corrected chi connectivity index (χ0v) is 11.4. The molecule has 0 bridgehead atoms. The highest BCUT2D eigenvalue weighted by atomic mass is 16.5. The molecule has 0 aliphatic rings. The summed E-state index contributed by atoms with van der Waals surface area (Å²) in [6, 6.07) is 7.23. The number of hydrogen-bond donors (Lipinski definition) is 1. The molecular formula is C14H19NO4. The van der Waals surface area contributed by atoms with Gasteiger partial charge in [-0.1, -0.05) is 29.8 Å². The first-order chi connectivity index (χ1) is 9.06. The fourth-order valence-corrected chi connectivity index (χ4v) is 1.67. The highest BCUT2D eigenvalue weighted by Gasteiger charge is 2.18. The van der Waals surface area contributed by atoms with Gasteiger partial charge in [0.1, 0.15) is 6.61 Å². The second-order valence-electron chi connectivity index (χ2n) is 4.24. The van der Waals surface area contributed by atoms with Gasteiger partial charge in [-0.05, 0) is 12.5 Å². The topological polar surface area (TPSA) is 64.6 Å². The Balaban J connectivity index is 2.82. The van der Waals surface area contributed by atoms with Crippen molar-refractivity contribution in [1.29, 1.82) is 0 Å². The van der Waals surface area contributed by atoms with E-state index in [1.54, 1.807) is 0 Å². The molecule has 1 aromatic rings. The zero-order valence-electron chi connectivity index (χ0n) is 11.4. The molecule has 19 heavy (non-hydrogen) atoms. The minimum Gasteiger partial charge on any atom is -0.469 e. The normalized spacial score (nSPS) is 11.7. The fraction of sp³-hybridized carbons (Fsp3) is 0.429. The van der Waals surface area contributed by atoms with Crippen LogP contribution in [-0.2, 0) is 19.1 Å². The summed E-state index contributed by atoms with van der Waals surface area (Å²) in [4.78, 5) is 23.0. The third-order valence-electron chi connectivity index (χ3n) is 2.69. The average molecular weight is 265 g/mol. The summed E-state index contributed by atoms with van der Waals surface area (Å²) in [6.45, 7) is 1.94. The van der Waals surface area contributed by atoms with E-state index in [0.29, 0.717) is 0 Å². The van der Waals surface area contributed by atoms with Gasteiger partial charge < -0.3 is 14.8 Å². The minimum atomic E-state index is -0.407. The summed E-state index contributed by atoms with van der Waals surface area (Å²) in [6.07, 6.45) is 0.0923. The van der Waals surface area contributed by atoms with Crippen LogP contribution < -0.4 is 5.32 Å². The maximum absolute atomic E-state index is 11.6. The van der Waals surface area contributed by atoms with Gasteiger partial charge in [0.05, 0.1) is 19.6 Å². The second-order valence-corrected chi connectivity index (χ2v) is 4.24. The molecule has 1 N–H and O–H groups in total. The summed E-state index contributed by atoms with van der Waals surface area (Å²) >= 11 is 0. The molecule has 0 fully saturated rings. The molecule has 0 aliphatic heterocycles. The maximum atomic E-state index is 11.6. The number of aryl methyl sites for hydroxylation is 1. The largest absolute Gasteiger partial charge is 0.469 e. The molecule has 0 heterocycles. The van der Waals surface area contributed by atoms with Crippen LogP contribution in [-0.4, -0.2) is 32.7 Å². The zero-order chi connectivity index (χ0) is 14.3. The molecule has 5 heteroatoms. The van der Waals surface area contributed by atoms with Gasteiger partial charge in [-0.3, -0.25) is 9.59 Å². The van der Waals surface area contributed by atoms with Crippen LogP contribution in [0.15, 0.2) is 24.3 Å². The predicted octanol–water partition coefficient (Wildman–Crippen LogP) is 1.36. The molecule has 0 radical (unpaired) electrons. The van der Waals surface area contributed by atoms with Crippen molar-refractivity contribution in [1.82, 2.24) is 5.32 Å². The Kier molecular flexibility index (Phi) is 6.02. The lowest BCUT2D eigenvalue weighted by atomic mass is 10.0. The molecule has 0 aromatic heterocycles. The van der Waals surface area contributed by atoms with Crippen LogP contribution in [0.2, 0.25) is 0 Å². The molecule has 5 nitrogen and oxygen atoms in total. The van der Waals surface area contributed by atoms with E-state index >= 15 is 0 Å². The highest BCUT2D eigenvalue weighted by Crippen LogP contribution is 2.18. The van der Waals surface area contributed by atoms with Gasteiger partial charge in [-0.2, -0.15) is 0 Å². The van der Waals surface area contributed by atoms with Crippen molar-refractivity contribution in [2.45, 2.75) is 19.4 Å². The summed E-state index contributed by atoms with van der Waals surface area (Å²) < 4.78 is 9.41. The molecule has 0 unspecified atom stereocenters. The van der Waals surface area contributed by atoms with Gasteiger partial charge in [0, 0.05) is 7.11 Å². The van der Waals surface area contributed by atoms with Crippen molar-refractivity contribution >= 4 is 11.9 Å². The first-order valence-electron chi connectivity index (χ1n) is 5.98. The Labute approximate surface area is 112 Å². The average Bonchev–Trinajstić information content (AvgIpc) is 2.39. The smallest absolute Gasteiger partial charge is 0.307 e. The number of amides is 1. The lowest BCUT2D eigenvalue weighted by Crippen LogP contribution is -2.32. The Morgan fingerprint density at radius 3 is 2.37 bits per heavy atom. The molecule has 104 valence electrons. The van der Waals surface area contributed by atoms with Gasteiger partial charge in [0.15, 0.2) is 0 Å². The number of carbonyl (C=O) groups excluding carboxylic acids is 2. The number of ether oxygens (including phenoxy) is 2. The van der Waals surface area contributed by atoms with Crippen LogP contribution in [0.3, 0.4) is 0 Å². The number of esters is 1. The Bertz CT molecular complexity index is 428. The lowest BCUT2D eigenvalue weighted by molar-refractivity contribution is -0.141. The van der Waals surface area contributed by atoms with Crippen molar-refractivity contribution < 1.29 is 19.1 Å². The van der Waals surface area contributed by atoms with E-state index in [-0.39, 0.29) is 24.9 Å². The number of hydrogen-bond acceptors (Lipinski definition) is 4. The second kappa shape index (κ2) is 7.53. The first kappa shape index (κ1) is 15.2. The predicted molar refractivity (Wildman–Crippen MR) is 70.6 cm³/mol. The van der Waals surface area contributed by atoms with Crippen molar-refractivity contribution in [3.8, 4) is 0 Å². The van der Waals surface area contributed by atoms with Crippen molar-refractivity contribution in [3.05, 3.63) is 35.4 Å². The standard InChI is InChI=1S/C14H19NO4/c1-10-4-6-11(7-5-10)12(8-14(17)19-3)15-13(16)9-18-2/h4-7,12H,8-9H2,1-3H3,(H,15,16)/t12-/m0/s1. The fourth-order valence-electron chi connectivity index (χ4n) is 1.67. The van der Waals surface area contributed by atoms with Crippen LogP contribution in [0.25, 0.3) is 0 Å². The Hall–Kier alpha value is -1.88. The van der Waals surface area contributed by atoms with Gasteiger partial charge in [-0.15, -0.1) is 0 Å². The molecule has 1 atom stereocenters. The number of carbonyl (C=O) groups is 2.